The maximum Gasteiger partial charge on any atom is 0.123 e. The van der Waals surface area contributed by atoms with Crippen LogP contribution in [0.25, 0.3) is 0 Å². The van der Waals surface area contributed by atoms with Crippen molar-refractivity contribution in [2.24, 2.45) is 11.7 Å². The molecule has 2 nitrogen and oxygen atoms in total. The average Bonchev–Trinajstić information content (AvgIpc) is 2.34. The van der Waals surface area contributed by atoms with Gasteiger partial charge < -0.3 is 10.5 Å². The maximum absolute atomic E-state index is 6.29. The number of methoxy groups -OCH3 is 1. The number of nitrogens with two attached hydrogens (primary N) is 1. The zero-order chi connectivity index (χ0) is 12.8. The fraction of sp³-hybridized carbons (Fsp3) is 0.571. The first-order valence-electron chi connectivity index (χ1n) is 6.19. The van der Waals surface area contributed by atoms with Gasteiger partial charge in [-0.05, 0) is 30.5 Å². The van der Waals surface area contributed by atoms with Crippen molar-refractivity contribution in [3.63, 3.8) is 0 Å². The molecule has 0 aliphatic heterocycles. The molecule has 0 fully saturated rings. The van der Waals surface area contributed by atoms with Crippen LogP contribution in [0.2, 0.25) is 5.02 Å². The van der Waals surface area contributed by atoms with Gasteiger partial charge in [-0.2, -0.15) is 0 Å². The Hall–Kier alpha value is -0.730. The molecule has 0 heterocycles. The van der Waals surface area contributed by atoms with E-state index in [2.05, 4.69) is 13.8 Å². The number of ether oxygens (including phenoxy) is 1. The highest BCUT2D eigenvalue weighted by Crippen LogP contribution is 2.32. The average molecular weight is 256 g/mol. The molecule has 17 heavy (non-hydrogen) atoms. The summed E-state index contributed by atoms with van der Waals surface area (Å²) in [5.41, 5.74) is 7.29. The molecule has 2 unspecified atom stereocenters. The van der Waals surface area contributed by atoms with Crippen molar-refractivity contribution in [3.05, 3.63) is 28.8 Å². The van der Waals surface area contributed by atoms with Crippen LogP contribution in [0.15, 0.2) is 18.2 Å². The largest absolute Gasteiger partial charge is 0.496 e. The number of unbranched alkanes of at least 4 members (excludes halogenated alkanes) is 1. The first kappa shape index (κ1) is 14.3. The molecule has 3 heteroatoms. The van der Waals surface area contributed by atoms with Crippen molar-refractivity contribution < 1.29 is 4.74 Å². The van der Waals surface area contributed by atoms with Crippen molar-refractivity contribution in [2.75, 3.05) is 7.11 Å². The first-order valence-corrected chi connectivity index (χ1v) is 6.57. The van der Waals surface area contributed by atoms with Gasteiger partial charge in [-0.25, -0.2) is 0 Å². The van der Waals surface area contributed by atoms with Gasteiger partial charge in [-0.1, -0.05) is 38.3 Å². The SMILES string of the molecule is CCCCC(C)C(N)c1cc(Cl)ccc1OC. The molecule has 1 aromatic rings. The lowest BCUT2D eigenvalue weighted by molar-refractivity contribution is 0.380. The third-order valence-corrected chi connectivity index (χ3v) is 3.41. The Labute approximate surface area is 109 Å². The summed E-state index contributed by atoms with van der Waals surface area (Å²) in [6.45, 7) is 4.37. The quantitative estimate of drug-likeness (QED) is 0.828. The Kier molecular flexibility index (Phi) is 5.79. The molecule has 0 aromatic heterocycles. The zero-order valence-corrected chi connectivity index (χ0v) is 11.6. The Balaban J connectivity index is 2.86. The molecule has 0 saturated heterocycles. The van der Waals surface area contributed by atoms with Crippen LogP contribution in [-0.4, -0.2) is 7.11 Å². The van der Waals surface area contributed by atoms with Crippen LogP contribution in [0.3, 0.4) is 0 Å². The van der Waals surface area contributed by atoms with E-state index in [-0.39, 0.29) is 6.04 Å². The Morgan fingerprint density at radius 1 is 1.41 bits per heavy atom. The molecule has 2 N–H and O–H groups in total. The van der Waals surface area contributed by atoms with E-state index in [0.717, 1.165) is 17.7 Å². The molecule has 1 rings (SSSR count). The lowest BCUT2D eigenvalue weighted by Crippen LogP contribution is -2.20. The minimum absolute atomic E-state index is 0.0183. The van der Waals surface area contributed by atoms with Gasteiger partial charge in [0.25, 0.3) is 0 Å². The summed E-state index contributed by atoms with van der Waals surface area (Å²) in [4.78, 5) is 0. The van der Waals surface area contributed by atoms with Crippen LogP contribution in [0.4, 0.5) is 0 Å². The number of halogens is 1. The van der Waals surface area contributed by atoms with Crippen molar-refractivity contribution >= 4 is 11.6 Å². The van der Waals surface area contributed by atoms with Crippen LogP contribution >= 0.6 is 11.6 Å². The van der Waals surface area contributed by atoms with Crippen molar-refractivity contribution in [3.8, 4) is 5.75 Å². The van der Waals surface area contributed by atoms with E-state index in [1.165, 1.54) is 12.8 Å². The van der Waals surface area contributed by atoms with Gasteiger partial charge in [-0.15, -0.1) is 0 Å². The number of benzene rings is 1. The van der Waals surface area contributed by atoms with E-state index in [0.29, 0.717) is 10.9 Å². The minimum atomic E-state index is -0.0183. The number of hydrogen-bond acceptors (Lipinski definition) is 2. The van der Waals surface area contributed by atoms with Gasteiger partial charge in [0.1, 0.15) is 5.75 Å². The predicted molar refractivity (Wildman–Crippen MR) is 73.6 cm³/mol. The highest BCUT2D eigenvalue weighted by molar-refractivity contribution is 6.30. The summed E-state index contributed by atoms with van der Waals surface area (Å²) in [5.74, 6) is 1.26. The normalized spacial score (nSPS) is 14.4. The third kappa shape index (κ3) is 3.90. The van der Waals surface area contributed by atoms with E-state index in [1.54, 1.807) is 7.11 Å². The molecule has 1 aromatic carbocycles. The predicted octanol–water partition coefficient (Wildman–Crippen LogP) is 4.17. The van der Waals surface area contributed by atoms with E-state index >= 15 is 0 Å². The fourth-order valence-corrected chi connectivity index (χ4v) is 2.16. The zero-order valence-electron chi connectivity index (χ0n) is 10.9. The molecule has 0 spiro atoms. The molecule has 96 valence electrons. The molecule has 0 aliphatic carbocycles. The van der Waals surface area contributed by atoms with Crippen LogP contribution in [-0.2, 0) is 0 Å². The highest BCUT2D eigenvalue weighted by Gasteiger charge is 2.18. The minimum Gasteiger partial charge on any atom is -0.496 e. The van der Waals surface area contributed by atoms with Gasteiger partial charge in [0.15, 0.2) is 0 Å². The van der Waals surface area contributed by atoms with Crippen LogP contribution in [0.1, 0.15) is 44.7 Å². The van der Waals surface area contributed by atoms with Gasteiger partial charge in [-0.3, -0.25) is 0 Å². The lowest BCUT2D eigenvalue weighted by atomic mass is 9.90. The topological polar surface area (TPSA) is 35.2 Å². The van der Waals surface area contributed by atoms with Crippen molar-refractivity contribution in [1.29, 1.82) is 0 Å². The summed E-state index contributed by atoms with van der Waals surface area (Å²) in [7, 11) is 1.66. The molecular formula is C14H22ClNO. The van der Waals surface area contributed by atoms with Gasteiger partial charge in [0.2, 0.25) is 0 Å². The molecule has 2 atom stereocenters. The number of hydrogen-bond donors (Lipinski definition) is 1. The lowest BCUT2D eigenvalue weighted by Gasteiger charge is -2.22. The third-order valence-electron chi connectivity index (χ3n) is 3.18. The fourth-order valence-electron chi connectivity index (χ4n) is 1.98. The second-order valence-electron chi connectivity index (χ2n) is 4.53. The standard InChI is InChI=1S/C14H22ClNO/c1-4-5-6-10(2)14(16)12-9-11(15)7-8-13(12)17-3/h7-10,14H,4-6,16H2,1-3H3. The van der Waals surface area contributed by atoms with E-state index in [9.17, 15) is 0 Å². The van der Waals surface area contributed by atoms with Crippen LogP contribution in [0.5, 0.6) is 5.75 Å². The Morgan fingerprint density at radius 3 is 2.71 bits per heavy atom. The highest BCUT2D eigenvalue weighted by atomic mass is 35.5. The Bertz CT molecular complexity index is 354. The summed E-state index contributed by atoms with van der Waals surface area (Å²) in [5, 5.41) is 0.707. The molecule has 0 radical (unpaired) electrons. The second kappa shape index (κ2) is 6.87. The molecule has 0 saturated carbocycles. The van der Waals surface area contributed by atoms with Crippen molar-refractivity contribution in [1.82, 2.24) is 0 Å². The molecular weight excluding hydrogens is 234 g/mol. The van der Waals surface area contributed by atoms with Gasteiger partial charge >= 0.3 is 0 Å². The van der Waals surface area contributed by atoms with Crippen LogP contribution < -0.4 is 10.5 Å². The second-order valence-corrected chi connectivity index (χ2v) is 4.97. The monoisotopic (exact) mass is 255 g/mol. The molecule has 0 aliphatic rings. The van der Waals surface area contributed by atoms with E-state index in [1.807, 2.05) is 18.2 Å². The molecule has 0 amide bonds. The van der Waals surface area contributed by atoms with Crippen molar-refractivity contribution in [2.45, 2.75) is 39.2 Å². The summed E-state index contributed by atoms with van der Waals surface area (Å²) < 4.78 is 5.34. The summed E-state index contributed by atoms with van der Waals surface area (Å²) in [6.07, 6.45) is 3.54. The molecule has 0 bridgehead atoms. The smallest absolute Gasteiger partial charge is 0.123 e. The summed E-state index contributed by atoms with van der Waals surface area (Å²) >= 11 is 6.02. The van der Waals surface area contributed by atoms with Gasteiger partial charge in [0, 0.05) is 16.6 Å². The van der Waals surface area contributed by atoms with E-state index < -0.39 is 0 Å². The number of rotatable bonds is 6. The van der Waals surface area contributed by atoms with E-state index in [4.69, 9.17) is 22.1 Å². The first-order chi connectivity index (χ1) is 8.10. The summed E-state index contributed by atoms with van der Waals surface area (Å²) in [6, 6.07) is 5.60. The Morgan fingerprint density at radius 2 is 2.12 bits per heavy atom. The van der Waals surface area contributed by atoms with Crippen LogP contribution in [0, 0.1) is 5.92 Å². The maximum atomic E-state index is 6.29. The van der Waals surface area contributed by atoms with Gasteiger partial charge in [0.05, 0.1) is 7.11 Å².